The summed E-state index contributed by atoms with van der Waals surface area (Å²) in [4.78, 5) is 22.1. The number of rotatable bonds is 5. The SMILES string of the molecule is O=C1CCc2c(C3OCCO3)cccc2N1Cc1cccc(CN2CCCCC2)n1. The summed E-state index contributed by atoms with van der Waals surface area (Å²) in [6.45, 7) is 4.92. The summed E-state index contributed by atoms with van der Waals surface area (Å²) in [5.41, 5.74) is 5.19. The smallest absolute Gasteiger partial charge is 0.227 e. The zero-order chi connectivity index (χ0) is 20.3. The number of carbonyl (C=O) groups is 1. The summed E-state index contributed by atoms with van der Waals surface area (Å²) in [6.07, 6.45) is 4.79. The summed E-state index contributed by atoms with van der Waals surface area (Å²) in [5, 5.41) is 0. The molecule has 2 saturated heterocycles. The van der Waals surface area contributed by atoms with E-state index in [0.29, 0.717) is 26.2 Å². The first-order valence-corrected chi connectivity index (χ1v) is 11.1. The average molecular weight is 408 g/mol. The Labute approximate surface area is 177 Å². The van der Waals surface area contributed by atoms with Gasteiger partial charge in [-0.25, -0.2) is 0 Å². The van der Waals surface area contributed by atoms with Gasteiger partial charge in [-0.15, -0.1) is 0 Å². The second kappa shape index (κ2) is 8.84. The van der Waals surface area contributed by atoms with Crippen LogP contribution in [-0.4, -0.2) is 42.1 Å². The molecular formula is C24H29N3O3. The number of pyridine rings is 1. The van der Waals surface area contributed by atoms with Crippen molar-refractivity contribution < 1.29 is 14.3 Å². The Morgan fingerprint density at radius 2 is 1.63 bits per heavy atom. The summed E-state index contributed by atoms with van der Waals surface area (Å²) >= 11 is 0. The molecule has 6 nitrogen and oxygen atoms in total. The Hall–Kier alpha value is -2.28. The van der Waals surface area contributed by atoms with Gasteiger partial charge < -0.3 is 14.4 Å². The van der Waals surface area contributed by atoms with E-state index in [9.17, 15) is 4.79 Å². The third-order valence-corrected chi connectivity index (χ3v) is 6.26. The van der Waals surface area contributed by atoms with Gasteiger partial charge in [-0.05, 0) is 56.1 Å². The molecule has 1 aromatic heterocycles. The molecule has 3 aliphatic rings. The predicted molar refractivity (Wildman–Crippen MR) is 114 cm³/mol. The Kier molecular flexibility index (Phi) is 5.79. The Morgan fingerprint density at radius 1 is 0.900 bits per heavy atom. The molecule has 2 aromatic rings. The maximum absolute atomic E-state index is 12.8. The van der Waals surface area contributed by atoms with Gasteiger partial charge in [0.25, 0.3) is 0 Å². The van der Waals surface area contributed by atoms with Crippen molar-refractivity contribution in [3.05, 3.63) is 58.9 Å². The summed E-state index contributed by atoms with van der Waals surface area (Å²) < 4.78 is 11.5. The van der Waals surface area contributed by atoms with Gasteiger partial charge in [0, 0.05) is 24.2 Å². The first-order chi connectivity index (χ1) is 14.8. The van der Waals surface area contributed by atoms with Crippen molar-refractivity contribution >= 4 is 11.6 Å². The van der Waals surface area contributed by atoms with Crippen LogP contribution in [0.1, 0.15) is 54.5 Å². The molecule has 0 unspecified atom stereocenters. The van der Waals surface area contributed by atoms with E-state index >= 15 is 0 Å². The van der Waals surface area contributed by atoms with Gasteiger partial charge in [0.2, 0.25) is 5.91 Å². The molecule has 0 N–H and O–H groups in total. The first-order valence-electron chi connectivity index (χ1n) is 11.1. The monoisotopic (exact) mass is 407 g/mol. The topological polar surface area (TPSA) is 54.9 Å². The standard InChI is InChI=1S/C24H29N3O3/c28-23-11-10-20-21(24-29-14-15-30-24)8-5-9-22(20)27(23)17-19-7-4-6-18(25-19)16-26-12-2-1-3-13-26/h4-9,24H,1-3,10-17H2. The molecule has 2 fully saturated rings. The number of hydrogen-bond acceptors (Lipinski definition) is 5. The molecule has 0 saturated carbocycles. The molecule has 1 amide bonds. The number of piperidine rings is 1. The predicted octanol–water partition coefficient (Wildman–Crippen LogP) is 3.59. The molecule has 0 radical (unpaired) electrons. The van der Waals surface area contributed by atoms with Crippen LogP contribution in [0.25, 0.3) is 0 Å². The molecule has 0 bridgehead atoms. The molecule has 30 heavy (non-hydrogen) atoms. The number of fused-ring (bicyclic) bond motifs is 1. The highest BCUT2D eigenvalue weighted by atomic mass is 16.7. The van der Waals surface area contributed by atoms with E-state index in [4.69, 9.17) is 14.5 Å². The van der Waals surface area contributed by atoms with Gasteiger partial charge in [0.15, 0.2) is 6.29 Å². The minimum atomic E-state index is -0.319. The maximum Gasteiger partial charge on any atom is 0.227 e. The fraction of sp³-hybridized carbons (Fsp3) is 0.500. The minimum Gasteiger partial charge on any atom is -0.346 e. The highest BCUT2D eigenvalue weighted by Crippen LogP contribution is 2.36. The second-order valence-electron chi connectivity index (χ2n) is 8.36. The number of amides is 1. The lowest BCUT2D eigenvalue weighted by Crippen LogP contribution is -2.35. The zero-order valence-electron chi connectivity index (χ0n) is 17.4. The Bertz CT molecular complexity index is 904. The Balaban J connectivity index is 1.37. The molecule has 158 valence electrons. The fourth-order valence-corrected chi connectivity index (χ4v) is 4.76. The molecule has 4 heterocycles. The number of likely N-dealkylation sites (tertiary alicyclic amines) is 1. The van der Waals surface area contributed by atoms with Gasteiger partial charge in [0.05, 0.1) is 31.1 Å². The van der Waals surface area contributed by atoms with Crippen LogP contribution < -0.4 is 4.90 Å². The van der Waals surface area contributed by atoms with Crippen molar-refractivity contribution in [1.29, 1.82) is 0 Å². The molecule has 1 aromatic carbocycles. The minimum absolute atomic E-state index is 0.149. The lowest BCUT2D eigenvalue weighted by molar-refractivity contribution is -0.119. The van der Waals surface area contributed by atoms with Crippen LogP contribution in [0.2, 0.25) is 0 Å². The van der Waals surface area contributed by atoms with Crippen molar-refractivity contribution in [2.45, 2.75) is 51.5 Å². The third kappa shape index (κ3) is 4.13. The van der Waals surface area contributed by atoms with Crippen LogP contribution in [0.15, 0.2) is 36.4 Å². The van der Waals surface area contributed by atoms with Crippen LogP contribution in [-0.2, 0) is 33.8 Å². The van der Waals surface area contributed by atoms with Gasteiger partial charge >= 0.3 is 0 Å². The quantitative estimate of drug-likeness (QED) is 0.758. The number of aromatic nitrogens is 1. The molecule has 3 aliphatic heterocycles. The first kappa shape index (κ1) is 19.7. The molecule has 0 aliphatic carbocycles. The van der Waals surface area contributed by atoms with Gasteiger partial charge in [-0.3, -0.25) is 14.7 Å². The van der Waals surface area contributed by atoms with Gasteiger partial charge in [0.1, 0.15) is 0 Å². The molecule has 0 spiro atoms. The van der Waals surface area contributed by atoms with Crippen LogP contribution in [0.5, 0.6) is 0 Å². The summed E-state index contributed by atoms with van der Waals surface area (Å²) in [5.74, 6) is 0.149. The van der Waals surface area contributed by atoms with Crippen molar-refractivity contribution in [2.75, 3.05) is 31.2 Å². The van der Waals surface area contributed by atoms with Crippen molar-refractivity contribution in [2.24, 2.45) is 0 Å². The largest absolute Gasteiger partial charge is 0.346 e. The average Bonchev–Trinajstić information content (AvgIpc) is 3.31. The lowest BCUT2D eigenvalue weighted by atomic mass is 9.95. The van der Waals surface area contributed by atoms with E-state index in [1.807, 2.05) is 23.1 Å². The van der Waals surface area contributed by atoms with E-state index in [2.05, 4.69) is 23.1 Å². The lowest BCUT2D eigenvalue weighted by Gasteiger charge is -2.31. The molecule has 5 rings (SSSR count). The second-order valence-corrected chi connectivity index (χ2v) is 8.36. The molecule has 6 heteroatoms. The van der Waals surface area contributed by atoms with Crippen molar-refractivity contribution in [3.8, 4) is 0 Å². The van der Waals surface area contributed by atoms with Gasteiger partial charge in [-0.2, -0.15) is 0 Å². The van der Waals surface area contributed by atoms with Gasteiger partial charge in [-0.1, -0.05) is 24.6 Å². The number of carbonyl (C=O) groups excluding carboxylic acids is 1. The number of benzene rings is 1. The highest BCUT2D eigenvalue weighted by molar-refractivity contribution is 5.96. The van der Waals surface area contributed by atoms with E-state index < -0.39 is 0 Å². The number of nitrogens with zero attached hydrogens (tertiary/aromatic N) is 3. The van der Waals surface area contributed by atoms with Crippen LogP contribution in [0.4, 0.5) is 5.69 Å². The molecular weight excluding hydrogens is 378 g/mol. The summed E-state index contributed by atoms with van der Waals surface area (Å²) in [6, 6.07) is 12.3. The number of hydrogen-bond donors (Lipinski definition) is 0. The normalized spacial score (nSPS) is 20.5. The van der Waals surface area contributed by atoms with Crippen LogP contribution in [0.3, 0.4) is 0 Å². The number of anilines is 1. The maximum atomic E-state index is 12.8. The van der Waals surface area contributed by atoms with E-state index in [1.165, 1.54) is 19.3 Å². The van der Waals surface area contributed by atoms with Crippen molar-refractivity contribution in [3.63, 3.8) is 0 Å². The Morgan fingerprint density at radius 3 is 2.43 bits per heavy atom. The number of ether oxygens (including phenoxy) is 2. The zero-order valence-corrected chi connectivity index (χ0v) is 17.4. The van der Waals surface area contributed by atoms with E-state index in [0.717, 1.165) is 54.3 Å². The fourth-order valence-electron chi connectivity index (χ4n) is 4.76. The summed E-state index contributed by atoms with van der Waals surface area (Å²) in [7, 11) is 0. The van der Waals surface area contributed by atoms with Crippen LogP contribution >= 0.6 is 0 Å². The highest BCUT2D eigenvalue weighted by Gasteiger charge is 2.30. The van der Waals surface area contributed by atoms with E-state index in [1.54, 1.807) is 0 Å². The molecule has 0 atom stereocenters. The van der Waals surface area contributed by atoms with Crippen molar-refractivity contribution in [1.82, 2.24) is 9.88 Å². The third-order valence-electron chi connectivity index (χ3n) is 6.26. The van der Waals surface area contributed by atoms with E-state index in [-0.39, 0.29) is 12.2 Å². The van der Waals surface area contributed by atoms with Crippen LogP contribution in [0, 0.1) is 0 Å².